The number of unbranched alkanes of at least 4 members (excludes halogenated alkanes) is 35. The van der Waals surface area contributed by atoms with Crippen LogP contribution >= 0.6 is 0 Å². The van der Waals surface area contributed by atoms with Crippen LogP contribution in [0.5, 0.6) is 0 Å². The van der Waals surface area contributed by atoms with Crippen molar-refractivity contribution < 1.29 is 20.1 Å². The summed E-state index contributed by atoms with van der Waals surface area (Å²) < 4.78 is 0. The summed E-state index contributed by atoms with van der Waals surface area (Å²) in [7, 11) is 0. The highest BCUT2D eigenvalue weighted by molar-refractivity contribution is 5.76. The Labute approximate surface area is 374 Å². The molecule has 4 N–H and O–H groups in total. The van der Waals surface area contributed by atoms with E-state index in [9.17, 15) is 20.1 Å². The number of carbonyl (C=O) groups is 1. The van der Waals surface area contributed by atoms with Crippen LogP contribution in [0.3, 0.4) is 0 Å². The van der Waals surface area contributed by atoms with E-state index in [1.54, 1.807) is 0 Å². The minimum atomic E-state index is -1.17. The molecule has 0 aromatic rings. The molecule has 0 bridgehead atoms. The molecule has 0 aromatic carbocycles. The third-order valence-electron chi connectivity index (χ3n) is 12.4. The van der Waals surface area contributed by atoms with E-state index in [-0.39, 0.29) is 12.5 Å². The molecule has 0 aliphatic carbocycles. The van der Waals surface area contributed by atoms with Crippen molar-refractivity contribution in [2.45, 2.75) is 302 Å². The van der Waals surface area contributed by atoms with E-state index in [4.69, 9.17) is 0 Å². The van der Waals surface area contributed by atoms with Crippen molar-refractivity contribution in [3.8, 4) is 0 Å². The third-order valence-corrected chi connectivity index (χ3v) is 12.4. The minimum Gasteiger partial charge on any atom is -0.394 e. The molecule has 0 aliphatic rings. The highest BCUT2D eigenvalue weighted by atomic mass is 16.3. The van der Waals surface area contributed by atoms with Gasteiger partial charge in [-0.2, -0.15) is 0 Å². The van der Waals surface area contributed by atoms with Crippen LogP contribution in [0.25, 0.3) is 0 Å². The van der Waals surface area contributed by atoms with Crippen molar-refractivity contribution in [3.63, 3.8) is 0 Å². The second kappa shape index (κ2) is 50.2. The van der Waals surface area contributed by atoms with Gasteiger partial charge in [-0.05, 0) is 77.0 Å². The molecule has 0 rings (SSSR count). The van der Waals surface area contributed by atoms with Gasteiger partial charge in [-0.15, -0.1) is 0 Å². The third kappa shape index (κ3) is 44.6. The summed E-state index contributed by atoms with van der Waals surface area (Å²) in [5.41, 5.74) is 0. The lowest BCUT2D eigenvalue weighted by atomic mass is 10.0. The number of nitrogens with one attached hydrogen (secondary N) is 1. The molecule has 0 saturated heterocycles. The van der Waals surface area contributed by atoms with Crippen molar-refractivity contribution in [2.24, 2.45) is 0 Å². The van der Waals surface area contributed by atoms with Gasteiger partial charge in [0, 0.05) is 6.42 Å². The molecule has 0 aliphatic heterocycles. The van der Waals surface area contributed by atoms with Gasteiger partial charge < -0.3 is 20.6 Å². The van der Waals surface area contributed by atoms with Crippen molar-refractivity contribution >= 4 is 5.91 Å². The monoisotopic (exact) mass is 844 g/mol. The van der Waals surface area contributed by atoms with Gasteiger partial charge in [-0.25, -0.2) is 0 Å². The molecule has 354 valence electrons. The normalized spacial score (nSPS) is 13.6. The number of carbonyl (C=O) groups excluding carboxylic acids is 1. The molecular formula is C55H105NO4. The summed E-state index contributed by atoms with van der Waals surface area (Å²) in [6.07, 6.45) is 64.4. The van der Waals surface area contributed by atoms with Crippen molar-refractivity contribution in [3.05, 3.63) is 36.5 Å². The molecule has 5 heteroatoms. The molecule has 0 radical (unpaired) electrons. The highest BCUT2D eigenvalue weighted by Crippen LogP contribution is 2.16. The van der Waals surface area contributed by atoms with Crippen LogP contribution in [0.15, 0.2) is 36.5 Å². The second-order valence-electron chi connectivity index (χ2n) is 18.4. The molecular weight excluding hydrogens is 739 g/mol. The van der Waals surface area contributed by atoms with Crippen LogP contribution in [0.4, 0.5) is 0 Å². The molecule has 0 spiro atoms. The molecule has 0 saturated carbocycles. The number of aliphatic hydroxyl groups is 3. The number of allylic oxidation sites excluding steroid dienone is 6. The first kappa shape index (κ1) is 58.6. The quantitative estimate of drug-likeness (QED) is 0.0363. The molecule has 3 unspecified atom stereocenters. The van der Waals surface area contributed by atoms with Crippen LogP contribution in [0.1, 0.15) is 284 Å². The van der Waals surface area contributed by atoms with Gasteiger partial charge in [0.25, 0.3) is 0 Å². The zero-order valence-corrected chi connectivity index (χ0v) is 40.4. The Balaban J connectivity index is 3.55. The lowest BCUT2D eigenvalue weighted by Gasteiger charge is -2.26. The van der Waals surface area contributed by atoms with E-state index in [0.29, 0.717) is 12.8 Å². The predicted molar refractivity (Wildman–Crippen MR) is 264 cm³/mol. The standard InChI is InChI=1S/C55H105NO4/c1-3-5-7-9-11-13-15-17-19-21-22-23-24-25-26-27-28-29-30-31-32-33-34-36-38-40-42-44-46-48-50-54(59)56-52(51-57)55(60)53(58)49-47-45-43-41-39-37-35-20-18-16-14-12-10-8-6-4-2/h20,25-26,35,41,43,52-53,55,57-58,60H,3-19,21-24,27-34,36-40,42,44-51H2,1-2H3,(H,56,59)/b26-25-,35-20+,43-41+. The SMILES string of the molecule is CCCCCCCCC/C=C/CC/C=C/CCCC(O)C(O)C(CO)NC(=O)CCCCCCCCCCCCCCCC/C=C\CCCCCCCCCCCCCC. The van der Waals surface area contributed by atoms with E-state index in [2.05, 4.69) is 55.6 Å². The Morgan fingerprint density at radius 1 is 0.400 bits per heavy atom. The Morgan fingerprint density at radius 3 is 1.02 bits per heavy atom. The lowest BCUT2D eigenvalue weighted by molar-refractivity contribution is -0.124. The summed E-state index contributed by atoms with van der Waals surface area (Å²) in [4.78, 5) is 12.5. The largest absolute Gasteiger partial charge is 0.394 e. The fourth-order valence-electron chi connectivity index (χ4n) is 8.29. The first-order valence-electron chi connectivity index (χ1n) is 26.8. The maximum Gasteiger partial charge on any atom is 0.220 e. The van der Waals surface area contributed by atoms with E-state index in [1.165, 1.54) is 212 Å². The molecule has 0 aromatic heterocycles. The van der Waals surface area contributed by atoms with Crippen LogP contribution in [0, 0.1) is 0 Å². The first-order valence-corrected chi connectivity index (χ1v) is 26.8. The van der Waals surface area contributed by atoms with E-state index >= 15 is 0 Å². The summed E-state index contributed by atoms with van der Waals surface area (Å²) in [5, 5.41) is 33.6. The average Bonchev–Trinajstić information content (AvgIpc) is 3.25. The van der Waals surface area contributed by atoms with Crippen molar-refractivity contribution in [1.29, 1.82) is 0 Å². The average molecular weight is 844 g/mol. The molecule has 3 atom stereocenters. The number of rotatable bonds is 49. The smallest absolute Gasteiger partial charge is 0.220 e. The van der Waals surface area contributed by atoms with Crippen LogP contribution in [-0.2, 0) is 4.79 Å². The molecule has 5 nitrogen and oxygen atoms in total. The fraction of sp³-hybridized carbons (Fsp3) is 0.873. The summed E-state index contributed by atoms with van der Waals surface area (Å²) in [6.45, 7) is 4.18. The van der Waals surface area contributed by atoms with Gasteiger partial charge >= 0.3 is 0 Å². The number of aliphatic hydroxyl groups excluding tert-OH is 3. The predicted octanol–water partition coefficient (Wildman–Crippen LogP) is 16.3. The van der Waals surface area contributed by atoms with Gasteiger partial charge in [0.2, 0.25) is 5.91 Å². The van der Waals surface area contributed by atoms with Crippen LogP contribution in [0.2, 0.25) is 0 Å². The molecule has 60 heavy (non-hydrogen) atoms. The van der Waals surface area contributed by atoms with Crippen molar-refractivity contribution in [2.75, 3.05) is 6.61 Å². The topological polar surface area (TPSA) is 89.8 Å². The van der Waals surface area contributed by atoms with E-state index < -0.39 is 18.2 Å². The molecule has 0 heterocycles. The van der Waals surface area contributed by atoms with Crippen LogP contribution < -0.4 is 5.32 Å². The van der Waals surface area contributed by atoms with Crippen molar-refractivity contribution in [1.82, 2.24) is 5.32 Å². The summed E-state index contributed by atoms with van der Waals surface area (Å²) >= 11 is 0. The van der Waals surface area contributed by atoms with Gasteiger partial charge in [0.1, 0.15) is 6.10 Å². The summed E-state index contributed by atoms with van der Waals surface area (Å²) in [6, 6.07) is -0.832. The second-order valence-corrected chi connectivity index (χ2v) is 18.4. The van der Waals surface area contributed by atoms with E-state index in [0.717, 1.165) is 44.9 Å². The van der Waals surface area contributed by atoms with Crippen LogP contribution in [-0.4, -0.2) is 46.1 Å². The molecule has 0 fully saturated rings. The summed E-state index contributed by atoms with van der Waals surface area (Å²) in [5.74, 6) is -0.156. The Kier molecular flexibility index (Phi) is 49.0. The highest BCUT2D eigenvalue weighted by Gasteiger charge is 2.26. The lowest BCUT2D eigenvalue weighted by Crippen LogP contribution is -2.50. The molecule has 1 amide bonds. The Morgan fingerprint density at radius 2 is 0.683 bits per heavy atom. The Hall–Kier alpha value is -1.43. The number of hydrogen-bond acceptors (Lipinski definition) is 4. The van der Waals surface area contributed by atoms with Gasteiger partial charge in [-0.1, -0.05) is 237 Å². The van der Waals surface area contributed by atoms with Gasteiger partial charge in [0.15, 0.2) is 0 Å². The minimum absolute atomic E-state index is 0.156. The fourth-order valence-corrected chi connectivity index (χ4v) is 8.29. The Bertz CT molecular complexity index is 931. The maximum absolute atomic E-state index is 12.5. The first-order chi connectivity index (χ1) is 29.6. The zero-order chi connectivity index (χ0) is 43.7. The van der Waals surface area contributed by atoms with E-state index in [1.807, 2.05) is 0 Å². The van der Waals surface area contributed by atoms with Gasteiger partial charge in [0.05, 0.1) is 18.8 Å². The zero-order valence-electron chi connectivity index (χ0n) is 40.4. The maximum atomic E-state index is 12.5. The number of amides is 1. The number of hydrogen-bond donors (Lipinski definition) is 4. The van der Waals surface area contributed by atoms with Gasteiger partial charge in [-0.3, -0.25) is 4.79 Å².